The number of nitrogens with one attached hydrogen (secondary N) is 1. The number of pyridine rings is 1. The third-order valence-electron chi connectivity index (χ3n) is 8.95. The Morgan fingerprint density at radius 1 is 0.949 bits per heavy atom. The molecule has 8 heteroatoms. The molecule has 2 saturated heterocycles. The second-order valence-corrected chi connectivity index (χ2v) is 11.3. The van der Waals surface area contributed by atoms with Crippen LogP contribution >= 0.6 is 0 Å². The molecule has 0 spiro atoms. The number of amides is 3. The van der Waals surface area contributed by atoms with Gasteiger partial charge in [-0.25, -0.2) is 0 Å². The van der Waals surface area contributed by atoms with Gasteiger partial charge in [0.1, 0.15) is 17.9 Å². The van der Waals surface area contributed by atoms with Crippen molar-refractivity contribution in [1.29, 1.82) is 0 Å². The zero-order valence-electron chi connectivity index (χ0n) is 21.8. The monoisotopic (exact) mass is 524 g/mol. The maximum absolute atomic E-state index is 13.1. The first kappa shape index (κ1) is 24.3. The third kappa shape index (κ3) is 4.36. The van der Waals surface area contributed by atoms with Gasteiger partial charge in [0.05, 0.1) is 5.52 Å². The maximum atomic E-state index is 13.1. The van der Waals surface area contributed by atoms with Crippen LogP contribution in [0.25, 0.3) is 10.9 Å². The van der Waals surface area contributed by atoms with E-state index >= 15 is 0 Å². The Kier molecular flexibility index (Phi) is 6.07. The van der Waals surface area contributed by atoms with Crippen molar-refractivity contribution in [1.82, 2.24) is 20.1 Å². The Morgan fingerprint density at radius 3 is 2.67 bits per heavy atom. The number of carbonyl (C=O) groups is 3. The van der Waals surface area contributed by atoms with Crippen molar-refractivity contribution in [2.75, 3.05) is 13.1 Å². The van der Waals surface area contributed by atoms with E-state index in [1.807, 2.05) is 30.5 Å². The van der Waals surface area contributed by atoms with Crippen molar-refractivity contribution in [3.63, 3.8) is 0 Å². The van der Waals surface area contributed by atoms with Gasteiger partial charge in [-0.2, -0.15) is 0 Å². The van der Waals surface area contributed by atoms with Gasteiger partial charge >= 0.3 is 0 Å². The van der Waals surface area contributed by atoms with Crippen LogP contribution in [0.5, 0.6) is 5.75 Å². The van der Waals surface area contributed by atoms with Crippen LogP contribution < -0.4 is 10.1 Å². The molecule has 1 aliphatic carbocycles. The molecule has 3 amide bonds. The number of benzene rings is 2. The molecule has 8 nitrogen and oxygen atoms in total. The quantitative estimate of drug-likeness (QED) is 0.511. The van der Waals surface area contributed by atoms with Gasteiger partial charge in [0, 0.05) is 55.2 Å². The molecule has 3 fully saturated rings. The maximum Gasteiger partial charge on any atom is 0.255 e. The van der Waals surface area contributed by atoms with Crippen LogP contribution in [0.4, 0.5) is 0 Å². The number of rotatable bonds is 5. The number of imide groups is 1. The molecule has 4 aliphatic rings. The van der Waals surface area contributed by atoms with E-state index < -0.39 is 6.04 Å². The highest BCUT2D eigenvalue weighted by Crippen LogP contribution is 2.38. The summed E-state index contributed by atoms with van der Waals surface area (Å²) in [5.74, 6) is 0.463. The van der Waals surface area contributed by atoms with Crippen molar-refractivity contribution in [2.45, 2.75) is 69.2 Å². The summed E-state index contributed by atoms with van der Waals surface area (Å²) in [6, 6.07) is 16.0. The SMILES string of the molecule is O=C1CCC(N2Cc3cc(O[C@@H]4CCCC[C@@H]4N4CC(c5ccnc6ccccc56)C4)ccc3C2=O)C(=O)N1. The summed E-state index contributed by atoms with van der Waals surface area (Å²) in [6.45, 7) is 2.41. The first-order valence-electron chi connectivity index (χ1n) is 14.1. The lowest BCUT2D eigenvalue weighted by atomic mass is 9.83. The highest BCUT2D eigenvalue weighted by Gasteiger charge is 2.41. The molecule has 200 valence electrons. The van der Waals surface area contributed by atoms with E-state index in [1.165, 1.54) is 17.4 Å². The lowest BCUT2D eigenvalue weighted by Crippen LogP contribution is -2.57. The number of hydrogen-bond donors (Lipinski definition) is 1. The van der Waals surface area contributed by atoms with Crippen molar-refractivity contribution in [3.8, 4) is 5.75 Å². The smallest absolute Gasteiger partial charge is 0.255 e. The molecule has 2 aromatic carbocycles. The highest BCUT2D eigenvalue weighted by atomic mass is 16.5. The molecule has 1 N–H and O–H groups in total. The number of hydrogen-bond acceptors (Lipinski definition) is 6. The normalized spacial score (nSPS) is 25.9. The Balaban J connectivity index is 1.03. The van der Waals surface area contributed by atoms with Crippen molar-refractivity contribution in [2.24, 2.45) is 0 Å². The predicted octanol–water partition coefficient (Wildman–Crippen LogP) is 3.79. The number of carbonyl (C=O) groups excluding carboxylic acids is 3. The van der Waals surface area contributed by atoms with E-state index in [-0.39, 0.29) is 30.2 Å². The molecule has 0 bridgehead atoms. The fourth-order valence-corrected chi connectivity index (χ4v) is 6.89. The molecule has 3 atom stereocenters. The van der Waals surface area contributed by atoms with Gasteiger partial charge in [-0.15, -0.1) is 0 Å². The zero-order chi connectivity index (χ0) is 26.5. The molecule has 1 unspecified atom stereocenters. The van der Waals surface area contributed by atoms with E-state index in [0.29, 0.717) is 30.5 Å². The van der Waals surface area contributed by atoms with Crippen molar-refractivity contribution < 1.29 is 19.1 Å². The number of piperidine rings is 1. The van der Waals surface area contributed by atoms with Crippen LogP contribution in [0.2, 0.25) is 0 Å². The minimum Gasteiger partial charge on any atom is -0.489 e. The lowest BCUT2D eigenvalue weighted by molar-refractivity contribution is -0.136. The minimum absolute atomic E-state index is 0.107. The van der Waals surface area contributed by atoms with Gasteiger partial charge < -0.3 is 9.64 Å². The largest absolute Gasteiger partial charge is 0.489 e. The molecule has 1 saturated carbocycles. The van der Waals surface area contributed by atoms with E-state index in [4.69, 9.17) is 4.74 Å². The average Bonchev–Trinajstić information content (AvgIpc) is 3.24. The summed E-state index contributed by atoms with van der Waals surface area (Å²) in [5, 5.41) is 3.61. The summed E-state index contributed by atoms with van der Waals surface area (Å²) in [4.78, 5) is 45.7. The molecule has 1 aromatic heterocycles. The summed E-state index contributed by atoms with van der Waals surface area (Å²) in [5.41, 5.74) is 3.93. The Bertz CT molecular complexity index is 1460. The second-order valence-electron chi connectivity index (χ2n) is 11.3. The van der Waals surface area contributed by atoms with Crippen LogP contribution in [0, 0.1) is 0 Å². The fourth-order valence-electron chi connectivity index (χ4n) is 6.89. The first-order chi connectivity index (χ1) is 19.0. The van der Waals surface area contributed by atoms with Gasteiger partial charge in [-0.05, 0) is 67.1 Å². The summed E-state index contributed by atoms with van der Waals surface area (Å²) < 4.78 is 6.61. The minimum atomic E-state index is -0.605. The van der Waals surface area contributed by atoms with E-state index in [9.17, 15) is 14.4 Å². The number of aromatic nitrogens is 1. The average molecular weight is 525 g/mol. The van der Waals surface area contributed by atoms with Gasteiger partial charge in [-0.1, -0.05) is 24.6 Å². The van der Waals surface area contributed by atoms with E-state index in [2.05, 4.69) is 39.5 Å². The van der Waals surface area contributed by atoms with Gasteiger partial charge in [-0.3, -0.25) is 29.6 Å². The zero-order valence-corrected chi connectivity index (χ0v) is 21.8. The van der Waals surface area contributed by atoms with Crippen molar-refractivity contribution in [3.05, 3.63) is 71.4 Å². The topological polar surface area (TPSA) is 91.8 Å². The molecule has 7 rings (SSSR count). The Morgan fingerprint density at radius 2 is 1.79 bits per heavy atom. The Labute approximate surface area is 227 Å². The number of ether oxygens (including phenoxy) is 1. The van der Waals surface area contributed by atoms with Crippen LogP contribution in [0.15, 0.2) is 54.7 Å². The third-order valence-corrected chi connectivity index (χ3v) is 8.95. The molecule has 4 heterocycles. The summed E-state index contributed by atoms with van der Waals surface area (Å²) in [7, 11) is 0. The number of para-hydroxylation sites is 1. The fraction of sp³-hybridized carbons (Fsp3) is 0.419. The van der Waals surface area contributed by atoms with Gasteiger partial charge in [0.15, 0.2) is 0 Å². The second kappa shape index (κ2) is 9.75. The summed E-state index contributed by atoms with van der Waals surface area (Å²) >= 11 is 0. The Hall–Kier alpha value is -3.78. The molecular formula is C31H32N4O4. The summed E-state index contributed by atoms with van der Waals surface area (Å²) in [6.07, 6.45) is 7.15. The number of nitrogens with zero attached hydrogens (tertiary/aromatic N) is 3. The molecule has 0 radical (unpaired) electrons. The molecule has 39 heavy (non-hydrogen) atoms. The van der Waals surface area contributed by atoms with Gasteiger partial charge in [0.2, 0.25) is 11.8 Å². The van der Waals surface area contributed by atoms with E-state index in [0.717, 1.165) is 49.2 Å². The van der Waals surface area contributed by atoms with Crippen LogP contribution in [-0.4, -0.2) is 63.8 Å². The molecule has 3 aromatic rings. The van der Waals surface area contributed by atoms with Crippen LogP contribution in [-0.2, 0) is 16.1 Å². The molecule has 3 aliphatic heterocycles. The van der Waals surface area contributed by atoms with Gasteiger partial charge in [0.25, 0.3) is 5.91 Å². The predicted molar refractivity (Wildman–Crippen MR) is 145 cm³/mol. The number of fused-ring (bicyclic) bond motifs is 2. The lowest BCUT2D eigenvalue weighted by Gasteiger charge is -2.48. The first-order valence-corrected chi connectivity index (χ1v) is 14.1. The van der Waals surface area contributed by atoms with Crippen LogP contribution in [0.3, 0.4) is 0 Å². The number of likely N-dealkylation sites (tertiary alicyclic amines) is 1. The van der Waals surface area contributed by atoms with Crippen LogP contribution in [0.1, 0.15) is 65.9 Å². The van der Waals surface area contributed by atoms with E-state index in [1.54, 1.807) is 4.90 Å². The standard InChI is InChI=1S/C31H32N4O4/c36-29-12-11-27(30(37)33-29)35-18-19-15-21(9-10-23(19)31(35)38)39-28-8-4-3-7-26(28)34-16-20(17-34)22-13-14-32-25-6-2-1-5-24(22)25/h1-2,5-6,9-10,13-15,20,26-28H,3-4,7-8,11-12,16-18H2,(H,33,36,37)/t26-,27?,28+/m0/s1. The highest BCUT2D eigenvalue weighted by molar-refractivity contribution is 6.05. The molecular weight excluding hydrogens is 492 g/mol. The van der Waals surface area contributed by atoms with Crippen molar-refractivity contribution >= 4 is 28.6 Å².